The summed E-state index contributed by atoms with van der Waals surface area (Å²) in [5.41, 5.74) is 8.57. The van der Waals surface area contributed by atoms with Gasteiger partial charge < -0.3 is 5.73 Å². The molecule has 2 aliphatic rings. The first-order valence-corrected chi connectivity index (χ1v) is 6.60. The second-order valence-corrected chi connectivity index (χ2v) is 5.44. The fraction of sp³-hybridized carbons (Fsp3) is 0.769. The Morgan fingerprint density at radius 2 is 2.00 bits per heavy atom. The third-order valence-corrected chi connectivity index (χ3v) is 3.92. The summed E-state index contributed by atoms with van der Waals surface area (Å²) in [6.07, 6.45) is 7.94. The summed E-state index contributed by atoms with van der Waals surface area (Å²) in [7, 11) is 0. The second kappa shape index (κ2) is 3.88. The average Bonchev–Trinajstić information content (AvgIpc) is 2.83. The summed E-state index contributed by atoms with van der Waals surface area (Å²) in [4.78, 5) is 0. The van der Waals surface area contributed by atoms with Gasteiger partial charge in [-0.05, 0) is 38.7 Å². The standard InChI is InChI=1S/C13H21N3/c1-9(14)13-8-12(10-4-2-3-5-10)15-16(13)11-6-7-11/h8-11H,2-7,14H2,1H3/t9-/m0/s1. The van der Waals surface area contributed by atoms with E-state index in [4.69, 9.17) is 10.8 Å². The van der Waals surface area contributed by atoms with Crippen molar-refractivity contribution in [2.24, 2.45) is 5.73 Å². The number of hydrogen-bond acceptors (Lipinski definition) is 2. The van der Waals surface area contributed by atoms with Gasteiger partial charge in [-0.3, -0.25) is 4.68 Å². The Kier molecular flexibility index (Phi) is 2.51. The summed E-state index contributed by atoms with van der Waals surface area (Å²) in [6.45, 7) is 2.06. The van der Waals surface area contributed by atoms with E-state index in [-0.39, 0.29) is 6.04 Å². The van der Waals surface area contributed by atoms with Gasteiger partial charge in [-0.1, -0.05) is 12.8 Å². The molecule has 0 amide bonds. The molecule has 2 aliphatic carbocycles. The molecule has 0 aliphatic heterocycles. The summed E-state index contributed by atoms with van der Waals surface area (Å²) in [5.74, 6) is 0.706. The van der Waals surface area contributed by atoms with Gasteiger partial charge in [0.25, 0.3) is 0 Å². The van der Waals surface area contributed by atoms with Gasteiger partial charge in [-0.25, -0.2) is 0 Å². The van der Waals surface area contributed by atoms with Crippen LogP contribution in [0.25, 0.3) is 0 Å². The lowest BCUT2D eigenvalue weighted by Crippen LogP contribution is -2.12. The number of hydrogen-bond donors (Lipinski definition) is 1. The van der Waals surface area contributed by atoms with Gasteiger partial charge >= 0.3 is 0 Å². The average molecular weight is 219 g/mol. The minimum Gasteiger partial charge on any atom is -0.323 e. The van der Waals surface area contributed by atoms with Crippen molar-refractivity contribution < 1.29 is 0 Å². The van der Waals surface area contributed by atoms with Crippen LogP contribution in [0, 0.1) is 0 Å². The minimum atomic E-state index is 0.114. The molecule has 1 aromatic heterocycles. The van der Waals surface area contributed by atoms with Crippen molar-refractivity contribution in [3.8, 4) is 0 Å². The summed E-state index contributed by atoms with van der Waals surface area (Å²) >= 11 is 0. The number of nitrogens with zero attached hydrogens (tertiary/aromatic N) is 2. The summed E-state index contributed by atoms with van der Waals surface area (Å²) in [6, 6.07) is 3.03. The van der Waals surface area contributed by atoms with E-state index in [0.717, 1.165) is 0 Å². The van der Waals surface area contributed by atoms with E-state index >= 15 is 0 Å². The van der Waals surface area contributed by atoms with Crippen molar-refractivity contribution in [2.45, 2.75) is 63.5 Å². The Bertz CT molecular complexity index is 351. The third kappa shape index (κ3) is 1.77. The highest BCUT2D eigenvalue weighted by atomic mass is 15.3. The lowest BCUT2D eigenvalue weighted by atomic mass is 10.0. The molecule has 0 bridgehead atoms. The molecular formula is C13H21N3. The smallest absolute Gasteiger partial charge is 0.0659 e. The van der Waals surface area contributed by atoms with Crippen LogP contribution in [0.2, 0.25) is 0 Å². The summed E-state index contributed by atoms with van der Waals surface area (Å²) in [5, 5.41) is 4.81. The molecule has 1 atom stereocenters. The first-order valence-electron chi connectivity index (χ1n) is 6.60. The minimum absolute atomic E-state index is 0.114. The highest BCUT2D eigenvalue weighted by molar-refractivity contribution is 5.19. The van der Waals surface area contributed by atoms with Crippen LogP contribution >= 0.6 is 0 Å². The van der Waals surface area contributed by atoms with Crippen LogP contribution in [0.4, 0.5) is 0 Å². The van der Waals surface area contributed by atoms with Gasteiger partial charge in [0.1, 0.15) is 0 Å². The van der Waals surface area contributed by atoms with E-state index in [0.29, 0.717) is 12.0 Å². The Labute approximate surface area is 97.0 Å². The second-order valence-electron chi connectivity index (χ2n) is 5.44. The number of aromatic nitrogens is 2. The van der Waals surface area contributed by atoms with Crippen LogP contribution in [0.15, 0.2) is 6.07 Å². The van der Waals surface area contributed by atoms with Crippen LogP contribution in [-0.4, -0.2) is 9.78 Å². The predicted molar refractivity (Wildman–Crippen MR) is 64.3 cm³/mol. The van der Waals surface area contributed by atoms with Crippen LogP contribution in [-0.2, 0) is 0 Å². The molecule has 0 radical (unpaired) electrons. The SMILES string of the molecule is C[C@H](N)c1cc(C2CCCC2)nn1C1CC1. The quantitative estimate of drug-likeness (QED) is 0.849. The van der Waals surface area contributed by atoms with E-state index in [1.54, 1.807) is 0 Å². The van der Waals surface area contributed by atoms with Gasteiger partial charge in [0.15, 0.2) is 0 Å². The molecule has 0 spiro atoms. The van der Waals surface area contributed by atoms with Crippen molar-refractivity contribution >= 4 is 0 Å². The van der Waals surface area contributed by atoms with Crippen molar-refractivity contribution in [3.05, 3.63) is 17.5 Å². The first kappa shape index (κ1) is 10.3. The largest absolute Gasteiger partial charge is 0.323 e. The van der Waals surface area contributed by atoms with E-state index in [1.807, 2.05) is 0 Å². The highest BCUT2D eigenvalue weighted by Gasteiger charge is 2.30. The molecule has 0 aromatic carbocycles. The van der Waals surface area contributed by atoms with Crippen molar-refractivity contribution in [2.75, 3.05) is 0 Å². The lowest BCUT2D eigenvalue weighted by molar-refractivity contribution is 0.560. The van der Waals surface area contributed by atoms with E-state index in [1.165, 1.54) is 49.9 Å². The third-order valence-electron chi connectivity index (χ3n) is 3.92. The van der Waals surface area contributed by atoms with Gasteiger partial charge in [-0.2, -0.15) is 5.10 Å². The van der Waals surface area contributed by atoms with Crippen molar-refractivity contribution in [3.63, 3.8) is 0 Å². The zero-order valence-corrected chi connectivity index (χ0v) is 10.0. The van der Waals surface area contributed by atoms with Gasteiger partial charge in [-0.15, -0.1) is 0 Å². The van der Waals surface area contributed by atoms with E-state index < -0.39 is 0 Å². The van der Waals surface area contributed by atoms with Crippen LogP contribution in [0.3, 0.4) is 0 Å². The molecule has 88 valence electrons. The van der Waals surface area contributed by atoms with E-state index in [9.17, 15) is 0 Å². The predicted octanol–water partition coefficient (Wildman–Crippen LogP) is 2.90. The fourth-order valence-corrected chi connectivity index (χ4v) is 2.80. The fourth-order valence-electron chi connectivity index (χ4n) is 2.80. The molecule has 3 rings (SSSR count). The normalized spacial score (nSPS) is 23.9. The number of nitrogens with two attached hydrogens (primary N) is 1. The molecule has 1 aromatic rings. The first-order chi connectivity index (χ1) is 7.75. The summed E-state index contributed by atoms with van der Waals surface area (Å²) < 4.78 is 2.21. The Hall–Kier alpha value is -0.830. The molecular weight excluding hydrogens is 198 g/mol. The van der Waals surface area contributed by atoms with Gasteiger partial charge in [0.2, 0.25) is 0 Å². The molecule has 2 saturated carbocycles. The number of rotatable bonds is 3. The topological polar surface area (TPSA) is 43.8 Å². The monoisotopic (exact) mass is 219 g/mol. The maximum absolute atomic E-state index is 6.03. The van der Waals surface area contributed by atoms with E-state index in [2.05, 4.69) is 17.7 Å². The van der Waals surface area contributed by atoms with Crippen LogP contribution in [0.1, 0.15) is 74.8 Å². The Morgan fingerprint density at radius 1 is 1.31 bits per heavy atom. The maximum Gasteiger partial charge on any atom is 0.0659 e. The molecule has 2 N–H and O–H groups in total. The van der Waals surface area contributed by atoms with Crippen molar-refractivity contribution in [1.82, 2.24) is 9.78 Å². The Balaban J connectivity index is 1.91. The van der Waals surface area contributed by atoms with Crippen molar-refractivity contribution in [1.29, 1.82) is 0 Å². The highest BCUT2D eigenvalue weighted by Crippen LogP contribution is 2.39. The molecule has 0 saturated heterocycles. The van der Waals surface area contributed by atoms with Gasteiger partial charge in [0, 0.05) is 12.0 Å². The molecule has 0 unspecified atom stereocenters. The molecule has 3 heteroatoms. The van der Waals surface area contributed by atoms with Crippen LogP contribution in [0.5, 0.6) is 0 Å². The molecule has 1 heterocycles. The van der Waals surface area contributed by atoms with Gasteiger partial charge in [0.05, 0.1) is 17.4 Å². The Morgan fingerprint density at radius 3 is 2.56 bits per heavy atom. The molecule has 16 heavy (non-hydrogen) atoms. The zero-order valence-electron chi connectivity index (χ0n) is 10.0. The molecule has 2 fully saturated rings. The zero-order chi connectivity index (χ0) is 11.1. The van der Waals surface area contributed by atoms with Crippen LogP contribution < -0.4 is 5.73 Å². The lowest BCUT2D eigenvalue weighted by Gasteiger charge is -2.08. The molecule has 3 nitrogen and oxygen atoms in total. The maximum atomic E-state index is 6.03.